The molecule has 0 fully saturated rings. The zero-order chi connectivity index (χ0) is 11.0. The average molecular weight is 209 g/mol. The van der Waals surface area contributed by atoms with Gasteiger partial charge in [0.05, 0.1) is 5.69 Å². The van der Waals surface area contributed by atoms with Crippen LogP contribution in [-0.2, 0) is 0 Å². The molecule has 78 valence electrons. The first kappa shape index (κ1) is 9.09. The zero-order valence-corrected chi connectivity index (χ0v) is 8.96. The Morgan fingerprint density at radius 2 is 2.06 bits per heavy atom. The molecule has 16 heavy (non-hydrogen) atoms. The fourth-order valence-electron chi connectivity index (χ4n) is 1.92. The third-order valence-electron chi connectivity index (χ3n) is 2.68. The second-order valence-electron chi connectivity index (χ2n) is 3.84. The molecule has 0 aliphatic carbocycles. The molecular weight excluding hydrogens is 198 g/mol. The zero-order valence-electron chi connectivity index (χ0n) is 8.96. The summed E-state index contributed by atoms with van der Waals surface area (Å²) >= 11 is 0. The lowest BCUT2D eigenvalue weighted by Crippen LogP contribution is -1.95. The van der Waals surface area contributed by atoms with Gasteiger partial charge in [0.2, 0.25) is 0 Å². The average Bonchev–Trinajstić information content (AvgIpc) is 2.81. The monoisotopic (exact) mass is 209 g/mol. The summed E-state index contributed by atoms with van der Waals surface area (Å²) in [5.74, 6) is 0. The molecule has 0 aliphatic rings. The maximum absolute atomic E-state index is 4.16. The molecule has 0 spiro atoms. The molecule has 3 rings (SSSR count). The minimum absolute atomic E-state index is 1.06. The number of aromatic nitrogens is 3. The van der Waals surface area contributed by atoms with Crippen molar-refractivity contribution >= 4 is 10.8 Å². The Labute approximate surface area is 93.4 Å². The Hall–Kier alpha value is -2.16. The topological polar surface area (TPSA) is 30.7 Å². The number of hydrogen-bond acceptors (Lipinski definition) is 2. The fourth-order valence-corrected chi connectivity index (χ4v) is 1.92. The number of nitrogens with zero attached hydrogens (tertiary/aromatic N) is 3. The molecule has 0 radical (unpaired) electrons. The highest BCUT2D eigenvalue weighted by Crippen LogP contribution is 2.22. The highest BCUT2D eigenvalue weighted by molar-refractivity contribution is 5.90. The molecule has 0 bridgehead atoms. The Morgan fingerprint density at radius 1 is 1.12 bits per heavy atom. The SMILES string of the molecule is Cc1ccc2c(-n3cncn3)cccc2c1. The van der Waals surface area contributed by atoms with Crippen molar-refractivity contribution in [2.45, 2.75) is 6.92 Å². The molecule has 0 N–H and O–H groups in total. The third kappa shape index (κ3) is 1.37. The summed E-state index contributed by atoms with van der Waals surface area (Å²) < 4.78 is 1.79. The first-order valence-electron chi connectivity index (χ1n) is 5.19. The van der Waals surface area contributed by atoms with Gasteiger partial charge in [0.25, 0.3) is 0 Å². The number of benzene rings is 2. The van der Waals surface area contributed by atoms with E-state index in [0.717, 1.165) is 5.69 Å². The highest BCUT2D eigenvalue weighted by atomic mass is 15.3. The van der Waals surface area contributed by atoms with Crippen LogP contribution in [0.1, 0.15) is 5.56 Å². The van der Waals surface area contributed by atoms with E-state index in [9.17, 15) is 0 Å². The van der Waals surface area contributed by atoms with Gasteiger partial charge in [-0.25, -0.2) is 9.67 Å². The molecule has 0 unspecified atom stereocenters. The van der Waals surface area contributed by atoms with Crippen LogP contribution in [0.5, 0.6) is 0 Å². The lowest BCUT2D eigenvalue weighted by Gasteiger charge is -2.06. The van der Waals surface area contributed by atoms with Crippen molar-refractivity contribution in [2.75, 3.05) is 0 Å². The van der Waals surface area contributed by atoms with E-state index in [1.165, 1.54) is 16.3 Å². The molecule has 3 heteroatoms. The van der Waals surface area contributed by atoms with E-state index in [1.54, 1.807) is 17.3 Å². The molecule has 0 aliphatic heterocycles. The number of fused-ring (bicyclic) bond motifs is 1. The molecule has 1 heterocycles. The van der Waals surface area contributed by atoms with Crippen LogP contribution < -0.4 is 0 Å². The molecule has 0 saturated carbocycles. The summed E-state index contributed by atoms with van der Waals surface area (Å²) in [5, 5.41) is 6.59. The predicted octanol–water partition coefficient (Wildman–Crippen LogP) is 2.73. The van der Waals surface area contributed by atoms with Gasteiger partial charge in [-0.1, -0.05) is 35.9 Å². The van der Waals surface area contributed by atoms with Gasteiger partial charge in [-0.2, -0.15) is 5.10 Å². The third-order valence-corrected chi connectivity index (χ3v) is 2.68. The quantitative estimate of drug-likeness (QED) is 0.617. The molecule has 0 atom stereocenters. The first-order chi connectivity index (χ1) is 7.84. The van der Waals surface area contributed by atoms with Gasteiger partial charge < -0.3 is 0 Å². The Morgan fingerprint density at radius 3 is 2.88 bits per heavy atom. The van der Waals surface area contributed by atoms with Gasteiger partial charge in [-0.15, -0.1) is 0 Å². The maximum Gasteiger partial charge on any atom is 0.138 e. The van der Waals surface area contributed by atoms with E-state index in [-0.39, 0.29) is 0 Å². The summed E-state index contributed by atoms with van der Waals surface area (Å²) in [5.41, 5.74) is 2.33. The van der Waals surface area contributed by atoms with Crippen molar-refractivity contribution in [1.29, 1.82) is 0 Å². The summed E-state index contributed by atoms with van der Waals surface area (Å²) in [6.45, 7) is 2.10. The van der Waals surface area contributed by atoms with E-state index in [0.29, 0.717) is 0 Å². The molecule has 1 aromatic heterocycles. The summed E-state index contributed by atoms with van der Waals surface area (Å²) in [6, 6.07) is 12.6. The van der Waals surface area contributed by atoms with E-state index >= 15 is 0 Å². The van der Waals surface area contributed by atoms with E-state index in [1.807, 2.05) is 12.1 Å². The van der Waals surface area contributed by atoms with Crippen LogP contribution in [0, 0.1) is 6.92 Å². The summed E-state index contributed by atoms with van der Waals surface area (Å²) in [7, 11) is 0. The minimum atomic E-state index is 1.06. The summed E-state index contributed by atoms with van der Waals surface area (Å²) in [4.78, 5) is 3.97. The molecule has 3 aromatic rings. The first-order valence-corrected chi connectivity index (χ1v) is 5.19. The number of aryl methyl sites for hydroxylation is 1. The number of rotatable bonds is 1. The van der Waals surface area contributed by atoms with E-state index in [2.05, 4.69) is 41.3 Å². The van der Waals surface area contributed by atoms with Gasteiger partial charge >= 0.3 is 0 Å². The van der Waals surface area contributed by atoms with E-state index < -0.39 is 0 Å². The standard InChI is InChI=1S/C13H11N3/c1-10-5-6-12-11(7-10)3-2-4-13(12)16-9-14-8-15-16/h2-9H,1H3. The second-order valence-corrected chi connectivity index (χ2v) is 3.84. The van der Waals surface area contributed by atoms with Crippen LogP contribution in [0.3, 0.4) is 0 Å². The van der Waals surface area contributed by atoms with Crippen molar-refractivity contribution in [2.24, 2.45) is 0 Å². The van der Waals surface area contributed by atoms with Crippen LogP contribution >= 0.6 is 0 Å². The van der Waals surface area contributed by atoms with E-state index in [4.69, 9.17) is 0 Å². The van der Waals surface area contributed by atoms with Gasteiger partial charge in [0.1, 0.15) is 12.7 Å². The van der Waals surface area contributed by atoms with Crippen LogP contribution in [0.2, 0.25) is 0 Å². The second kappa shape index (κ2) is 3.45. The van der Waals surface area contributed by atoms with Crippen LogP contribution in [0.25, 0.3) is 16.5 Å². The fraction of sp³-hybridized carbons (Fsp3) is 0.0769. The van der Waals surface area contributed by atoms with Gasteiger partial charge in [0.15, 0.2) is 0 Å². The Balaban J connectivity index is 2.34. The van der Waals surface area contributed by atoms with Crippen molar-refractivity contribution in [1.82, 2.24) is 14.8 Å². The van der Waals surface area contributed by atoms with Crippen LogP contribution in [0.4, 0.5) is 0 Å². The highest BCUT2D eigenvalue weighted by Gasteiger charge is 2.02. The molecular formula is C13H11N3. The smallest absolute Gasteiger partial charge is 0.138 e. The Kier molecular flexibility index (Phi) is 1.96. The van der Waals surface area contributed by atoms with Crippen LogP contribution in [0.15, 0.2) is 49.1 Å². The molecule has 3 nitrogen and oxygen atoms in total. The van der Waals surface area contributed by atoms with Gasteiger partial charge in [-0.3, -0.25) is 0 Å². The lowest BCUT2D eigenvalue weighted by atomic mass is 10.1. The molecule has 0 saturated heterocycles. The number of hydrogen-bond donors (Lipinski definition) is 0. The Bertz CT molecular complexity index is 627. The van der Waals surface area contributed by atoms with Gasteiger partial charge in [0, 0.05) is 5.39 Å². The normalized spacial score (nSPS) is 10.8. The molecule has 0 amide bonds. The predicted molar refractivity (Wildman–Crippen MR) is 63.6 cm³/mol. The summed E-state index contributed by atoms with van der Waals surface area (Å²) in [6.07, 6.45) is 3.27. The molecule has 2 aromatic carbocycles. The van der Waals surface area contributed by atoms with Crippen LogP contribution in [-0.4, -0.2) is 14.8 Å². The van der Waals surface area contributed by atoms with Gasteiger partial charge in [-0.05, 0) is 18.4 Å². The van der Waals surface area contributed by atoms with Crippen molar-refractivity contribution in [3.63, 3.8) is 0 Å². The van der Waals surface area contributed by atoms with Crippen molar-refractivity contribution in [3.05, 3.63) is 54.6 Å². The maximum atomic E-state index is 4.16. The van der Waals surface area contributed by atoms with Crippen molar-refractivity contribution < 1.29 is 0 Å². The lowest BCUT2D eigenvalue weighted by molar-refractivity contribution is 0.886. The largest absolute Gasteiger partial charge is 0.223 e. The minimum Gasteiger partial charge on any atom is -0.223 e. The van der Waals surface area contributed by atoms with Crippen molar-refractivity contribution in [3.8, 4) is 5.69 Å².